The Hall–Kier alpha value is -2.22. The van der Waals surface area contributed by atoms with Crippen molar-refractivity contribution in [2.45, 2.75) is 31.3 Å². The Bertz CT molecular complexity index is 599. The maximum atomic E-state index is 10.9. The zero-order valence-corrected chi connectivity index (χ0v) is 9.94. The van der Waals surface area contributed by atoms with Gasteiger partial charge < -0.3 is 19.9 Å². The van der Waals surface area contributed by atoms with Gasteiger partial charge in [0.05, 0.1) is 5.69 Å². The summed E-state index contributed by atoms with van der Waals surface area (Å²) in [7, 11) is 0. The monoisotopic (exact) mass is 264 g/mol. The first-order chi connectivity index (χ1) is 9.17. The fourth-order valence-corrected chi connectivity index (χ4v) is 2.17. The van der Waals surface area contributed by atoms with Crippen LogP contribution in [-0.2, 0) is 6.61 Å². The molecule has 0 radical (unpaired) electrons. The third-order valence-corrected chi connectivity index (χ3v) is 3.31. The van der Waals surface area contributed by atoms with Gasteiger partial charge in [-0.3, -0.25) is 4.79 Å². The lowest BCUT2D eigenvalue weighted by Crippen LogP contribution is -2.21. The number of primary amides is 1. The van der Waals surface area contributed by atoms with E-state index < -0.39 is 5.91 Å². The highest BCUT2D eigenvalue weighted by Crippen LogP contribution is 2.46. The van der Waals surface area contributed by atoms with E-state index in [1.807, 2.05) is 0 Å². The van der Waals surface area contributed by atoms with Gasteiger partial charge in [0.1, 0.15) is 6.61 Å². The molecule has 1 amide bonds. The molecule has 2 aromatic rings. The lowest BCUT2D eigenvalue weighted by molar-refractivity contribution is 0.0964. The Morgan fingerprint density at radius 2 is 2.16 bits per heavy atom. The number of aromatic nitrogens is 3. The molecule has 8 nitrogen and oxygen atoms in total. The Labute approximate surface area is 107 Å². The van der Waals surface area contributed by atoms with E-state index in [9.17, 15) is 4.79 Å². The molecule has 8 heteroatoms. The second-order valence-electron chi connectivity index (χ2n) is 4.55. The Kier molecular flexibility index (Phi) is 2.79. The van der Waals surface area contributed by atoms with E-state index >= 15 is 0 Å². The number of amides is 1. The summed E-state index contributed by atoms with van der Waals surface area (Å²) in [4.78, 5) is 15.0. The number of carbonyl (C=O) groups excluding carboxylic acids is 1. The summed E-state index contributed by atoms with van der Waals surface area (Å²) in [6.45, 7) is -0.256. The third-order valence-electron chi connectivity index (χ3n) is 3.31. The van der Waals surface area contributed by atoms with Crippen LogP contribution in [0.3, 0.4) is 0 Å². The van der Waals surface area contributed by atoms with Crippen molar-refractivity contribution < 1.29 is 18.9 Å². The van der Waals surface area contributed by atoms with Crippen LogP contribution < -0.4 is 5.73 Å². The highest BCUT2D eigenvalue weighted by molar-refractivity contribution is 5.89. The molecule has 0 aromatic carbocycles. The highest BCUT2D eigenvalue weighted by Gasteiger charge is 2.36. The van der Waals surface area contributed by atoms with Gasteiger partial charge in [0.2, 0.25) is 5.76 Å². The molecule has 0 unspecified atom stereocenters. The van der Waals surface area contributed by atoms with Crippen molar-refractivity contribution in [2.75, 3.05) is 0 Å². The van der Waals surface area contributed by atoms with Crippen molar-refractivity contribution in [2.24, 2.45) is 5.73 Å². The summed E-state index contributed by atoms with van der Waals surface area (Å²) in [5.74, 6) is 0.650. The molecule has 3 N–H and O–H groups in total. The molecule has 19 heavy (non-hydrogen) atoms. The van der Waals surface area contributed by atoms with Crippen LogP contribution in [0, 0.1) is 0 Å². The van der Waals surface area contributed by atoms with Gasteiger partial charge in [-0.05, 0) is 12.8 Å². The molecule has 3 rings (SSSR count). The van der Waals surface area contributed by atoms with E-state index in [1.54, 1.807) is 6.07 Å². The first-order valence-corrected chi connectivity index (χ1v) is 5.87. The van der Waals surface area contributed by atoms with E-state index in [4.69, 9.17) is 19.9 Å². The molecular weight excluding hydrogens is 252 g/mol. The van der Waals surface area contributed by atoms with E-state index in [2.05, 4.69) is 15.3 Å². The highest BCUT2D eigenvalue weighted by atomic mass is 16.5. The second kappa shape index (κ2) is 4.47. The normalized spacial score (nSPS) is 22.2. The molecule has 0 aliphatic heterocycles. The Morgan fingerprint density at radius 1 is 1.37 bits per heavy atom. The molecule has 0 spiro atoms. The van der Waals surface area contributed by atoms with Gasteiger partial charge in [0, 0.05) is 17.9 Å². The smallest absolute Gasteiger partial charge is 0.287 e. The van der Waals surface area contributed by atoms with Crippen molar-refractivity contribution in [3.63, 3.8) is 0 Å². The molecule has 1 saturated carbocycles. The predicted molar refractivity (Wildman–Crippen MR) is 60.0 cm³/mol. The number of rotatable bonds is 4. The third kappa shape index (κ3) is 2.10. The van der Waals surface area contributed by atoms with E-state index in [-0.39, 0.29) is 30.1 Å². The van der Waals surface area contributed by atoms with Gasteiger partial charge in [0.25, 0.3) is 11.8 Å². The fourth-order valence-electron chi connectivity index (χ4n) is 2.17. The molecule has 0 bridgehead atoms. The summed E-state index contributed by atoms with van der Waals surface area (Å²) >= 11 is 0. The number of aliphatic hydroxyl groups is 1. The molecule has 100 valence electrons. The summed E-state index contributed by atoms with van der Waals surface area (Å²) in [5, 5.41) is 16.5. The van der Waals surface area contributed by atoms with Gasteiger partial charge in [-0.1, -0.05) is 10.3 Å². The minimum atomic E-state index is -0.625. The molecule has 2 aromatic heterocycles. The first-order valence-electron chi connectivity index (χ1n) is 5.87. The number of nitrogens with two attached hydrogens (primary N) is 1. The summed E-state index contributed by atoms with van der Waals surface area (Å²) in [6, 6.07) is 1.57. The average Bonchev–Trinajstić information content (AvgIpc) is 2.95. The van der Waals surface area contributed by atoms with Gasteiger partial charge >= 0.3 is 0 Å². The molecule has 0 saturated heterocycles. The number of carbonyl (C=O) groups is 1. The quantitative estimate of drug-likeness (QED) is 0.812. The number of hydrogen-bond donors (Lipinski definition) is 2. The number of hydrogen-bond acceptors (Lipinski definition) is 7. The van der Waals surface area contributed by atoms with Crippen LogP contribution in [0.25, 0.3) is 0 Å². The average molecular weight is 264 g/mol. The summed E-state index contributed by atoms with van der Waals surface area (Å²) in [5.41, 5.74) is 5.81. The fraction of sp³-hybridized carbons (Fsp3) is 0.455. The van der Waals surface area contributed by atoms with Crippen LogP contribution in [0.2, 0.25) is 0 Å². The second-order valence-corrected chi connectivity index (χ2v) is 4.55. The van der Waals surface area contributed by atoms with Crippen molar-refractivity contribution >= 4 is 5.91 Å². The van der Waals surface area contributed by atoms with Crippen molar-refractivity contribution in [3.05, 3.63) is 29.2 Å². The standard InChI is InChI=1S/C11H12N4O4/c12-10(17)8-3-7(14-18-8)5-1-6(2-5)11-13-9(4-16)19-15-11/h3,5-6,16H,1-2,4H2,(H2,12,17). The van der Waals surface area contributed by atoms with Crippen LogP contribution in [-0.4, -0.2) is 26.3 Å². The zero-order chi connectivity index (χ0) is 13.4. The molecular formula is C11H12N4O4. The van der Waals surface area contributed by atoms with E-state index in [1.165, 1.54) is 0 Å². The van der Waals surface area contributed by atoms with Gasteiger partial charge in [-0.25, -0.2) is 0 Å². The molecule has 1 aliphatic rings. The van der Waals surface area contributed by atoms with Gasteiger partial charge in [-0.15, -0.1) is 0 Å². The Morgan fingerprint density at radius 3 is 2.74 bits per heavy atom. The molecule has 0 atom stereocenters. The van der Waals surface area contributed by atoms with Crippen molar-refractivity contribution in [1.82, 2.24) is 15.3 Å². The molecule has 1 fully saturated rings. The van der Waals surface area contributed by atoms with Gasteiger partial charge in [0.15, 0.2) is 5.82 Å². The van der Waals surface area contributed by atoms with Crippen LogP contribution in [0.4, 0.5) is 0 Å². The number of aliphatic hydroxyl groups excluding tert-OH is 1. The SMILES string of the molecule is NC(=O)c1cc(C2CC(c3noc(CO)n3)C2)no1. The minimum absolute atomic E-state index is 0.0700. The topological polar surface area (TPSA) is 128 Å². The van der Waals surface area contributed by atoms with Gasteiger partial charge in [-0.2, -0.15) is 4.98 Å². The van der Waals surface area contributed by atoms with Crippen molar-refractivity contribution in [3.8, 4) is 0 Å². The maximum Gasteiger partial charge on any atom is 0.287 e. The lowest BCUT2D eigenvalue weighted by Gasteiger charge is -2.31. The van der Waals surface area contributed by atoms with E-state index in [0.717, 1.165) is 18.5 Å². The lowest BCUT2D eigenvalue weighted by atomic mass is 9.73. The summed E-state index contributed by atoms with van der Waals surface area (Å²) < 4.78 is 9.68. The van der Waals surface area contributed by atoms with Crippen LogP contribution in [0.15, 0.2) is 15.1 Å². The largest absolute Gasteiger partial charge is 0.387 e. The van der Waals surface area contributed by atoms with Crippen molar-refractivity contribution in [1.29, 1.82) is 0 Å². The van der Waals surface area contributed by atoms with Crippen LogP contribution in [0.1, 0.15) is 52.6 Å². The van der Waals surface area contributed by atoms with E-state index in [0.29, 0.717) is 5.82 Å². The summed E-state index contributed by atoms with van der Waals surface area (Å²) in [6.07, 6.45) is 1.60. The van der Waals surface area contributed by atoms with Crippen LogP contribution >= 0.6 is 0 Å². The van der Waals surface area contributed by atoms with Crippen LogP contribution in [0.5, 0.6) is 0 Å². The number of nitrogens with zero attached hydrogens (tertiary/aromatic N) is 3. The molecule has 2 heterocycles. The molecule has 1 aliphatic carbocycles. The zero-order valence-electron chi connectivity index (χ0n) is 9.94. The minimum Gasteiger partial charge on any atom is -0.387 e. The maximum absolute atomic E-state index is 10.9. The first kappa shape index (κ1) is 11.8. The predicted octanol–water partition coefficient (Wildman–Crippen LogP) is 0.310. The Balaban J connectivity index is 1.64.